The first-order chi connectivity index (χ1) is 8.21. The van der Waals surface area contributed by atoms with Crippen LogP contribution in [0.15, 0.2) is 18.2 Å². The van der Waals surface area contributed by atoms with Crippen molar-refractivity contribution in [2.24, 2.45) is 0 Å². The molecule has 0 spiro atoms. The Morgan fingerprint density at radius 2 is 2.24 bits per heavy atom. The van der Waals surface area contributed by atoms with E-state index in [0.717, 1.165) is 13.1 Å². The smallest absolute Gasteiger partial charge is 0.123 e. The van der Waals surface area contributed by atoms with Gasteiger partial charge in [-0.25, -0.2) is 4.39 Å². The maximum atomic E-state index is 13.1. The highest BCUT2D eigenvalue weighted by molar-refractivity contribution is 5.37. The van der Waals surface area contributed by atoms with Crippen LogP contribution in [-0.2, 0) is 6.54 Å². The number of benzene rings is 1. The molecular weight excluding hydrogens is 219 g/mol. The van der Waals surface area contributed by atoms with E-state index in [9.17, 15) is 4.39 Å². The van der Waals surface area contributed by atoms with Gasteiger partial charge in [0, 0.05) is 19.7 Å². The highest BCUT2D eigenvalue weighted by Crippen LogP contribution is 2.13. The number of hydrogen-bond donors (Lipinski definition) is 1. The molecule has 0 saturated carbocycles. The Bertz CT molecular complexity index is 401. The highest BCUT2D eigenvalue weighted by atomic mass is 19.1. The molecule has 3 nitrogen and oxygen atoms in total. The Kier molecular flexibility index (Phi) is 5.61. The fourth-order valence-electron chi connectivity index (χ4n) is 1.69. The van der Waals surface area contributed by atoms with Crippen LogP contribution in [0.3, 0.4) is 0 Å². The molecule has 0 radical (unpaired) electrons. The van der Waals surface area contributed by atoms with Crippen molar-refractivity contribution in [2.45, 2.75) is 19.9 Å². The van der Waals surface area contributed by atoms with E-state index in [2.05, 4.69) is 11.0 Å². The molecule has 0 saturated heterocycles. The van der Waals surface area contributed by atoms with Gasteiger partial charge < -0.3 is 5.11 Å². The van der Waals surface area contributed by atoms with Gasteiger partial charge in [-0.2, -0.15) is 5.26 Å². The third kappa shape index (κ3) is 4.14. The Hall–Kier alpha value is -1.44. The van der Waals surface area contributed by atoms with Gasteiger partial charge in [-0.3, -0.25) is 4.90 Å². The molecule has 92 valence electrons. The van der Waals surface area contributed by atoms with Crippen molar-refractivity contribution in [3.63, 3.8) is 0 Å². The number of rotatable bonds is 6. The molecule has 0 fully saturated rings. The molecule has 0 bridgehead atoms. The van der Waals surface area contributed by atoms with E-state index in [0.29, 0.717) is 24.1 Å². The van der Waals surface area contributed by atoms with Crippen LogP contribution in [0.2, 0.25) is 0 Å². The van der Waals surface area contributed by atoms with Crippen molar-refractivity contribution in [3.05, 3.63) is 35.1 Å². The normalized spacial score (nSPS) is 10.5. The van der Waals surface area contributed by atoms with Crippen LogP contribution in [0.1, 0.15) is 24.5 Å². The van der Waals surface area contributed by atoms with Crippen molar-refractivity contribution < 1.29 is 9.50 Å². The molecule has 1 aromatic carbocycles. The van der Waals surface area contributed by atoms with Crippen molar-refractivity contribution in [1.29, 1.82) is 5.26 Å². The summed E-state index contributed by atoms with van der Waals surface area (Å²) in [6.45, 7) is 4.24. The second kappa shape index (κ2) is 7.00. The number of nitrogens with zero attached hydrogens (tertiary/aromatic N) is 2. The number of nitriles is 1. The summed E-state index contributed by atoms with van der Waals surface area (Å²) in [5, 5.41) is 17.7. The zero-order chi connectivity index (χ0) is 12.7. The van der Waals surface area contributed by atoms with Crippen LogP contribution in [0.5, 0.6) is 0 Å². The predicted octanol–water partition coefficient (Wildman–Crippen LogP) is 1.90. The zero-order valence-electron chi connectivity index (χ0n) is 9.99. The predicted molar refractivity (Wildman–Crippen MR) is 63.8 cm³/mol. The van der Waals surface area contributed by atoms with E-state index in [1.165, 1.54) is 18.2 Å². The first-order valence-corrected chi connectivity index (χ1v) is 5.73. The second-order valence-corrected chi connectivity index (χ2v) is 3.86. The summed E-state index contributed by atoms with van der Waals surface area (Å²) in [6, 6.07) is 6.27. The van der Waals surface area contributed by atoms with Gasteiger partial charge in [-0.05, 0) is 36.7 Å². The van der Waals surface area contributed by atoms with E-state index in [4.69, 9.17) is 10.4 Å². The maximum Gasteiger partial charge on any atom is 0.123 e. The van der Waals surface area contributed by atoms with Crippen LogP contribution < -0.4 is 0 Å². The summed E-state index contributed by atoms with van der Waals surface area (Å²) in [4.78, 5) is 2.08. The standard InChI is InChI=1S/C13H17FN2O/c1-2-16(6-3-7-17)10-12-8-13(14)5-4-11(12)9-15/h4-5,8,17H,2-3,6-7,10H2,1H3. The van der Waals surface area contributed by atoms with Crippen molar-refractivity contribution in [3.8, 4) is 6.07 Å². The number of aliphatic hydroxyl groups is 1. The fraction of sp³-hybridized carbons (Fsp3) is 0.462. The van der Waals surface area contributed by atoms with Crippen LogP contribution in [0.4, 0.5) is 4.39 Å². The molecular formula is C13H17FN2O. The monoisotopic (exact) mass is 236 g/mol. The number of halogens is 1. The topological polar surface area (TPSA) is 47.3 Å². The average Bonchev–Trinajstić information content (AvgIpc) is 2.34. The summed E-state index contributed by atoms with van der Waals surface area (Å²) < 4.78 is 13.1. The highest BCUT2D eigenvalue weighted by Gasteiger charge is 2.08. The SMILES string of the molecule is CCN(CCCO)Cc1cc(F)ccc1C#N. The summed E-state index contributed by atoms with van der Waals surface area (Å²) >= 11 is 0. The maximum absolute atomic E-state index is 13.1. The first-order valence-electron chi connectivity index (χ1n) is 5.73. The lowest BCUT2D eigenvalue weighted by molar-refractivity contribution is 0.225. The van der Waals surface area contributed by atoms with Crippen LogP contribution in [0, 0.1) is 17.1 Å². The molecule has 1 N–H and O–H groups in total. The quantitative estimate of drug-likeness (QED) is 0.820. The van der Waals surface area contributed by atoms with Gasteiger partial charge in [0.2, 0.25) is 0 Å². The third-order valence-electron chi connectivity index (χ3n) is 2.66. The third-order valence-corrected chi connectivity index (χ3v) is 2.66. The van der Waals surface area contributed by atoms with Crippen molar-refractivity contribution >= 4 is 0 Å². The summed E-state index contributed by atoms with van der Waals surface area (Å²) in [5.41, 5.74) is 1.21. The summed E-state index contributed by atoms with van der Waals surface area (Å²) in [6.07, 6.45) is 0.686. The molecule has 0 aliphatic rings. The van der Waals surface area contributed by atoms with Gasteiger partial charge in [0.25, 0.3) is 0 Å². The van der Waals surface area contributed by atoms with Crippen molar-refractivity contribution in [2.75, 3.05) is 19.7 Å². The van der Waals surface area contributed by atoms with E-state index in [1.807, 2.05) is 6.92 Å². The molecule has 1 rings (SSSR count). The lowest BCUT2D eigenvalue weighted by Gasteiger charge is -2.20. The Morgan fingerprint density at radius 1 is 1.47 bits per heavy atom. The summed E-state index contributed by atoms with van der Waals surface area (Å²) in [7, 11) is 0. The minimum absolute atomic E-state index is 0.144. The zero-order valence-corrected chi connectivity index (χ0v) is 9.99. The number of hydrogen-bond acceptors (Lipinski definition) is 3. The van der Waals surface area contributed by atoms with E-state index in [-0.39, 0.29) is 12.4 Å². The Balaban J connectivity index is 2.78. The lowest BCUT2D eigenvalue weighted by Crippen LogP contribution is -2.25. The minimum atomic E-state index is -0.322. The Labute approximate surface area is 101 Å². The number of aliphatic hydroxyl groups excluding tert-OH is 1. The largest absolute Gasteiger partial charge is 0.396 e. The molecule has 0 heterocycles. The van der Waals surface area contributed by atoms with Crippen LogP contribution in [-0.4, -0.2) is 29.7 Å². The molecule has 0 unspecified atom stereocenters. The van der Waals surface area contributed by atoms with E-state index < -0.39 is 0 Å². The van der Waals surface area contributed by atoms with Gasteiger partial charge in [-0.15, -0.1) is 0 Å². The molecule has 0 aliphatic carbocycles. The molecule has 17 heavy (non-hydrogen) atoms. The Morgan fingerprint density at radius 3 is 2.82 bits per heavy atom. The van der Waals surface area contributed by atoms with E-state index >= 15 is 0 Å². The molecule has 1 aromatic rings. The molecule has 0 amide bonds. The minimum Gasteiger partial charge on any atom is -0.396 e. The van der Waals surface area contributed by atoms with E-state index in [1.54, 1.807) is 0 Å². The second-order valence-electron chi connectivity index (χ2n) is 3.86. The van der Waals surface area contributed by atoms with Gasteiger partial charge in [0.15, 0.2) is 0 Å². The molecule has 0 atom stereocenters. The summed E-state index contributed by atoms with van der Waals surface area (Å²) in [5.74, 6) is -0.322. The van der Waals surface area contributed by atoms with Gasteiger partial charge in [-0.1, -0.05) is 6.92 Å². The molecule has 0 aromatic heterocycles. The lowest BCUT2D eigenvalue weighted by atomic mass is 10.1. The molecule has 4 heteroatoms. The van der Waals surface area contributed by atoms with Crippen LogP contribution >= 0.6 is 0 Å². The van der Waals surface area contributed by atoms with Crippen molar-refractivity contribution in [1.82, 2.24) is 4.90 Å². The first kappa shape index (κ1) is 13.6. The fourth-order valence-corrected chi connectivity index (χ4v) is 1.69. The van der Waals surface area contributed by atoms with Crippen LogP contribution in [0.25, 0.3) is 0 Å². The van der Waals surface area contributed by atoms with Gasteiger partial charge in [0.1, 0.15) is 5.82 Å². The average molecular weight is 236 g/mol. The molecule has 0 aliphatic heterocycles. The van der Waals surface area contributed by atoms with Gasteiger partial charge in [0.05, 0.1) is 11.6 Å². The van der Waals surface area contributed by atoms with Gasteiger partial charge >= 0.3 is 0 Å².